The fourth-order valence-electron chi connectivity index (χ4n) is 2.26. The molecule has 0 saturated heterocycles. The van der Waals surface area contributed by atoms with Gasteiger partial charge in [-0.05, 0) is 53.4 Å². The van der Waals surface area contributed by atoms with Gasteiger partial charge in [0.2, 0.25) is 0 Å². The Labute approximate surface area is 162 Å². The van der Waals surface area contributed by atoms with E-state index in [0.717, 1.165) is 21.3 Å². The van der Waals surface area contributed by atoms with Gasteiger partial charge in [0.15, 0.2) is 6.61 Å². The third kappa shape index (κ3) is 5.88. The summed E-state index contributed by atoms with van der Waals surface area (Å²) in [6, 6.07) is 13.1. The van der Waals surface area contributed by atoms with Crippen molar-refractivity contribution in [2.75, 3.05) is 13.7 Å². The molecule has 138 valence electrons. The highest BCUT2D eigenvalue weighted by molar-refractivity contribution is 9.10. The third-order valence-electron chi connectivity index (χ3n) is 3.63. The maximum absolute atomic E-state index is 12.0. The molecule has 0 aromatic heterocycles. The lowest BCUT2D eigenvalue weighted by Gasteiger charge is -2.23. The van der Waals surface area contributed by atoms with Gasteiger partial charge in [0.05, 0.1) is 13.3 Å². The van der Waals surface area contributed by atoms with Crippen molar-refractivity contribution < 1.29 is 14.3 Å². The highest BCUT2D eigenvalue weighted by Crippen LogP contribution is 2.33. The number of hydrazone groups is 1. The first-order chi connectivity index (χ1) is 12.3. The highest BCUT2D eigenvalue weighted by Gasteiger charge is 2.19. The van der Waals surface area contributed by atoms with Crippen LogP contribution < -0.4 is 14.9 Å². The third-order valence-corrected chi connectivity index (χ3v) is 4.12. The molecule has 0 atom stereocenters. The van der Waals surface area contributed by atoms with E-state index in [1.165, 1.54) is 0 Å². The fourth-order valence-corrected chi connectivity index (χ4v) is 2.62. The molecule has 1 N–H and O–H groups in total. The Morgan fingerprint density at radius 3 is 2.50 bits per heavy atom. The normalized spacial score (nSPS) is 11.4. The minimum Gasteiger partial charge on any atom is -0.497 e. The van der Waals surface area contributed by atoms with Crippen LogP contribution in [0.1, 0.15) is 31.9 Å². The van der Waals surface area contributed by atoms with Gasteiger partial charge in [-0.3, -0.25) is 4.79 Å². The molecule has 2 aromatic rings. The van der Waals surface area contributed by atoms with E-state index in [9.17, 15) is 4.79 Å². The molecule has 0 spiro atoms. The van der Waals surface area contributed by atoms with Gasteiger partial charge in [0, 0.05) is 10.0 Å². The Balaban J connectivity index is 1.91. The van der Waals surface area contributed by atoms with E-state index in [1.807, 2.05) is 42.5 Å². The van der Waals surface area contributed by atoms with E-state index in [0.29, 0.717) is 5.75 Å². The average molecular weight is 419 g/mol. The van der Waals surface area contributed by atoms with Crippen molar-refractivity contribution in [3.63, 3.8) is 0 Å². The Morgan fingerprint density at radius 2 is 1.88 bits per heavy atom. The molecule has 2 aromatic carbocycles. The fraction of sp³-hybridized carbons (Fsp3) is 0.300. The van der Waals surface area contributed by atoms with Crippen molar-refractivity contribution in [1.82, 2.24) is 5.43 Å². The maximum atomic E-state index is 12.0. The van der Waals surface area contributed by atoms with Crippen molar-refractivity contribution in [3.05, 3.63) is 58.1 Å². The summed E-state index contributed by atoms with van der Waals surface area (Å²) in [5, 5.41) is 3.94. The lowest BCUT2D eigenvalue weighted by atomic mass is 9.86. The van der Waals surface area contributed by atoms with Gasteiger partial charge in [0.25, 0.3) is 5.91 Å². The highest BCUT2D eigenvalue weighted by atomic mass is 79.9. The number of nitrogens with zero attached hydrogens (tertiary/aromatic N) is 1. The summed E-state index contributed by atoms with van der Waals surface area (Å²) in [5.41, 5.74) is 4.25. The van der Waals surface area contributed by atoms with Crippen molar-refractivity contribution in [2.24, 2.45) is 5.10 Å². The number of carbonyl (C=O) groups is 1. The van der Waals surface area contributed by atoms with E-state index in [1.54, 1.807) is 13.3 Å². The Kier molecular flexibility index (Phi) is 6.80. The lowest BCUT2D eigenvalue weighted by Crippen LogP contribution is -2.25. The van der Waals surface area contributed by atoms with Crippen molar-refractivity contribution in [3.8, 4) is 11.5 Å². The largest absolute Gasteiger partial charge is 0.497 e. The summed E-state index contributed by atoms with van der Waals surface area (Å²) in [6.07, 6.45) is 1.57. The number of nitrogens with one attached hydrogen (secondary N) is 1. The molecular weight excluding hydrogens is 396 g/mol. The number of hydrogen-bond acceptors (Lipinski definition) is 4. The summed E-state index contributed by atoms with van der Waals surface area (Å²) in [7, 11) is 1.61. The first-order valence-corrected chi connectivity index (χ1v) is 8.97. The number of benzene rings is 2. The first-order valence-electron chi connectivity index (χ1n) is 8.18. The van der Waals surface area contributed by atoms with Crippen LogP contribution in [0.25, 0.3) is 0 Å². The summed E-state index contributed by atoms with van der Waals surface area (Å²) >= 11 is 3.47. The Hall–Kier alpha value is -2.34. The smallest absolute Gasteiger partial charge is 0.277 e. The van der Waals surface area contributed by atoms with Crippen LogP contribution in [0.15, 0.2) is 52.0 Å². The van der Waals surface area contributed by atoms with E-state index in [2.05, 4.69) is 47.2 Å². The average Bonchev–Trinajstić information content (AvgIpc) is 2.60. The Morgan fingerprint density at radius 1 is 1.19 bits per heavy atom. The van der Waals surface area contributed by atoms with Gasteiger partial charge in [-0.2, -0.15) is 5.10 Å². The topological polar surface area (TPSA) is 59.9 Å². The molecule has 0 aliphatic carbocycles. The minimum atomic E-state index is -0.322. The minimum absolute atomic E-state index is 0.0951. The number of rotatable bonds is 6. The van der Waals surface area contributed by atoms with Crippen LogP contribution in [0.3, 0.4) is 0 Å². The van der Waals surface area contributed by atoms with Gasteiger partial charge in [-0.15, -0.1) is 0 Å². The van der Waals surface area contributed by atoms with Crippen LogP contribution in [0.2, 0.25) is 0 Å². The molecule has 0 saturated carbocycles. The molecule has 0 bridgehead atoms. The summed E-state index contributed by atoms with van der Waals surface area (Å²) < 4.78 is 11.8. The van der Waals surface area contributed by atoms with E-state index < -0.39 is 0 Å². The van der Waals surface area contributed by atoms with E-state index in [-0.39, 0.29) is 17.9 Å². The molecule has 6 heteroatoms. The monoisotopic (exact) mass is 418 g/mol. The van der Waals surface area contributed by atoms with E-state index >= 15 is 0 Å². The van der Waals surface area contributed by atoms with Crippen LogP contribution in [-0.2, 0) is 10.2 Å². The zero-order valence-electron chi connectivity index (χ0n) is 15.4. The molecular formula is C20H23BrN2O3. The number of methoxy groups -OCH3 is 1. The predicted octanol–water partition coefficient (Wildman–Crippen LogP) is 4.28. The zero-order chi connectivity index (χ0) is 19.2. The second kappa shape index (κ2) is 8.85. The van der Waals surface area contributed by atoms with Crippen LogP contribution in [0, 0.1) is 0 Å². The standard InChI is InChI=1S/C20H23BrN2O3/c1-20(2,3)17-11-15(21)7-10-18(17)26-13-19(24)23-22-12-14-5-8-16(25-4)9-6-14/h5-12H,13H2,1-4H3,(H,23,24)/b22-12+. The molecule has 0 fully saturated rings. The van der Waals surface area contributed by atoms with Crippen LogP contribution in [0.5, 0.6) is 11.5 Å². The number of halogens is 1. The molecule has 5 nitrogen and oxygen atoms in total. The number of hydrogen-bond donors (Lipinski definition) is 1. The zero-order valence-corrected chi connectivity index (χ0v) is 17.0. The second-order valence-electron chi connectivity index (χ2n) is 6.75. The number of carbonyl (C=O) groups excluding carboxylic acids is 1. The quantitative estimate of drug-likeness (QED) is 0.562. The van der Waals surface area contributed by atoms with Crippen molar-refractivity contribution in [2.45, 2.75) is 26.2 Å². The Bertz CT molecular complexity index is 781. The molecule has 1 amide bonds. The van der Waals surface area contributed by atoms with Gasteiger partial charge in [-0.1, -0.05) is 36.7 Å². The van der Waals surface area contributed by atoms with Gasteiger partial charge in [0.1, 0.15) is 11.5 Å². The summed E-state index contributed by atoms with van der Waals surface area (Å²) in [6.45, 7) is 6.19. The maximum Gasteiger partial charge on any atom is 0.277 e. The molecule has 0 aliphatic heterocycles. The van der Waals surface area contributed by atoms with E-state index in [4.69, 9.17) is 9.47 Å². The molecule has 0 unspecified atom stereocenters. The first kappa shape index (κ1) is 20.0. The molecule has 0 heterocycles. The van der Waals surface area contributed by atoms with Crippen LogP contribution in [-0.4, -0.2) is 25.8 Å². The van der Waals surface area contributed by atoms with Crippen LogP contribution >= 0.6 is 15.9 Å². The molecule has 0 radical (unpaired) electrons. The second-order valence-corrected chi connectivity index (χ2v) is 7.66. The van der Waals surface area contributed by atoms with Gasteiger partial charge >= 0.3 is 0 Å². The summed E-state index contributed by atoms with van der Waals surface area (Å²) in [5.74, 6) is 1.14. The molecule has 26 heavy (non-hydrogen) atoms. The van der Waals surface area contributed by atoms with Gasteiger partial charge < -0.3 is 9.47 Å². The number of ether oxygens (including phenoxy) is 2. The lowest BCUT2D eigenvalue weighted by molar-refractivity contribution is -0.123. The number of amides is 1. The predicted molar refractivity (Wildman–Crippen MR) is 107 cm³/mol. The SMILES string of the molecule is COc1ccc(/C=N/NC(=O)COc2ccc(Br)cc2C(C)(C)C)cc1. The van der Waals surface area contributed by atoms with Crippen LogP contribution in [0.4, 0.5) is 0 Å². The van der Waals surface area contributed by atoms with Gasteiger partial charge in [-0.25, -0.2) is 5.43 Å². The molecule has 2 rings (SSSR count). The summed E-state index contributed by atoms with van der Waals surface area (Å²) in [4.78, 5) is 12.0. The van der Waals surface area contributed by atoms with Crippen molar-refractivity contribution in [1.29, 1.82) is 0 Å². The molecule has 0 aliphatic rings. The van der Waals surface area contributed by atoms with Crippen molar-refractivity contribution >= 4 is 28.1 Å².